The molecule has 1 nitrogen and oxygen atoms in total. The number of carbonyl (C=O) groups excluding carboxylic acids is 1. The normalized spacial score (nSPS) is 23.2. The van der Waals surface area contributed by atoms with Gasteiger partial charge in [-0.15, -0.1) is 0 Å². The van der Waals surface area contributed by atoms with E-state index < -0.39 is 0 Å². The number of hydrogen-bond acceptors (Lipinski definition) is 1. The van der Waals surface area contributed by atoms with Crippen LogP contribution >= 0.6 is 0 Å². The molecule has 0 radical (unpaired) electrons. The molecule has 0 bridgehead atoms. The molecule has 1 rings (SSSR count). The Morgan fingerprint density at radius 2 is 2.42 bits per heavy atom. The van der Waals surface area contributed by atoms with Crippen LogP contribution in [0.25, 0.3) is 0 Å². The van der Waals surface area contributed by atoms with Crippen LogP contribution in [0.2, 0.25) is 0 Å². The van der Waals surface area contributed by atoms with Crippen molar-refractivity contribution in [2.75, 3.05) is 0 Å². The summed E-state index contributed by atoms with van der Waals surface area (Å²) in [5.74, 6) is 0.547. The number of hydrogen-bond donors (Lipinski definition) is 0. The Kier molecular flexibility index (Phi) is 2.64. The second-order valence-electron chi connectivity index (χ2n) is 3.27. The number of allylic oxidation sites excluding steroid dienone is 4. The molecule has 1 aliphatic carbocycles. The van der Waals surface area contributed by atoms with Gasteiger partial charge in [0, 0.05) is 12.0 Å². The highest BCUT2D eigenvalue weighted by Gasteiger charge is 2.19. The van der Waals surface area contributed by atoms with Crippen molar-refractivity contribution < 1.29 is 4.79 Å². The Bertz CT molecular complexity index is 258. The van der Waals surface area contributed by atoms with Gasteiger partial charge in [0.2, 0.25) is 0 Å². The van der Waals surface area contributed by atoms with Gasteiger partial charge in [-0.3, -0.25) is 4.79 Å². The number of ketones is 1. The van der Waals surface area contributed by atoms with E-state index in [0.717, 1.165) is 17.6 Å². The first kappa shape index (κ1) is 8.98. The third-order valence-corrected chi connectivity index (χ3v) is 2.29. The quantitative estimate of drug-likeness (QED) is 0.570. The van der Waals surface area contributed by atoms with Gasteiger partial charge >= 0.3 is 0 Å². The topological polar surface area (TPSA) is 17.1 Å². The molecule has 1 unspecified atom stereocenters. The number of carbonyl (C=O) groups is 1. The van der Waals surface area contributed by atoms with Crippen molar-refractivity contribution in [3.8, 4) is 0 Å². The molecule has 0 saturated carbocycles. The van der Waals surface area contributed by atoms with Gasteiger partial charge in [-0.05, 0) is 19.3 Å². The van der Waals surface area contributed by atoms with Crippen LogP contribution < -0.4 is 0 Å². The van der Waals surface area contributed by atoms with Crippen LogP contribution in [0.3, 0.4) is 0 Å². The van der Waals surface area contributed by atoms with Gasteiger partial charge < -0.3 is 0 Å². The minimum absolute atomic E-state index is 0.198. The van der Waals surface area contributed by atoms with Crippen molar-refractivity contribution in [3.63, 3.8) is 0 Å². The minimum atomic E-state index is 0.198. The Morgan fingerprint density at radius 3 is 2.83 bits per heavy atom. The van der Waals surface area contributed by atoms with Gasteiger partial charge in [-0.1, -0.05) is 30.9 Å². The Labute approximate surface area is 73.5 Å². The molecule has 0 aromatic heterocycles. The lowest BCUT2D eigenvalue weighted by Crippen LogP contribution is -2.15. The summed E-state index contributed by atoms with van der Waals surface area (Å²) in [7, 11) is 0. The first-order chi connectivity index (χ1) is 5.65. The van der Waals surface area contributed by atoms with Gasteiger partial charge in [0.25, 0.3) is 0 Å². The van der Waals surface area contributed by atoms with Gasteiger partial charge in [-0.2, -0.15) is 0 Å². The highest BCUT2D eigenvalue weighted by molar-refractivity contribution is 5.98. The van der Waals surface area contributed by atoms with Crippen LogP contribution in [-0.2, 0) is 4.79 Å². The predicted molar refractivity (Wildman–Crippen MR) is 50.8 cm³/mol. The molecule has 64 valence electrons. The van der Waals surface area contributed by atoms with Crippen LogP contribution in [-0.4, -0.2) is 5.78 Å². The zero-order valence-electron chi connectivity index (χ0n) is 7.47. The molecule has 1 heteroatoms. The Morgan fingerprint density at radius 1 is 1.75 bits per heavy atom. The molecule has 0 N–H and O–H groups in total. The van der Waals surface area contributed by atoms with E-state index in [1.807, 2.05) is 13.0 Å². The first-order valence-electron chi connectivity index (χ1n) is 4.16. The maximum atomic E-state index is 11.4. The molecule has 0 amide bonds. The van der Waals surface area contributed by atoms with Gasteiger partial charge in [0.05, 0.1) is 0 Å². The molecule has 1 atom stereocenters. The summed E-state index contributed by atoms with van der Waals surface area (Å²) in [5, 5.41) is 0. The van der Waals surface area contributed by atoms with E-state index in [-0.39, 0.29) is 5.78 Å². The summed E-state index contributed by atoms with van der Waals surface area (Å²) in [6.45, 7) is 9.43. The van der Waals surface area contributed by atoms with Crippen LogP contribution in [0, 0.1) is 5.92 Å². The lowest BCUT2D eigenvalue weighted by atomic mass is 9.85. The van der Waals surface area contributed by atoms with Crippen molar-refractivity contribution in [2.24, 2.45) is 5.92 Å². The van der Waals surface area contributed by atoms with E-state index in [1.165, 1.54) is 0 Å². The van der Waals surface area contributed by atoms with Crippen LogP contribution in [0.1, 0.15) is 19.8 Å². The fraction of sp³-hybridized carbons (Fsp3) is 0.364. The highest BCUT2D eigenvalue weighted by atomic mass is 16.1. The molecule has 0 aromatic carbocycles. The summed E-state index contributed by atoms with van der Waals surface area (Å²) >= 11 is 0. The van der Waals surface area contributed by atoms with E-state index in [9.17, 15) is 4.79 Å². The van der Waals surface area contributed by atoms with Gasteiger partial charge in [0.15, 0.2) is 5.78 Å². The molecular weight excluding hydrogens is 148 g/mol. The van der Waals surface area contributed by atoms with Crippen molar-refractivity contribution in [1.29, 1.82) is 0 Å². The Balaban J connectivity index is 2.76. The Hall–Kier alpha value is -1.11. The summed E-state index contributed by atoms with van der Waals surface area (Å²) in [6.07, 6.45) is 5.13. The molecule has 12 heavy (non-hydrogen) atoms. The van der Waals surface area contributed by atoms with E-state index in [1.54, 1.807) is 6.08 Å². The summed E-state index contributed by atoms with van der Waals surface area (Å²) in [4.78, 5) is 11.4. The third-order valence-electron chi connectivity index (χ3n) is 2.29. The molecule has 1 aliphatic rings. The van der Waals surface area contributed by atoms with E-state index >= 15 is 0 Å². The lowest BCUT2D eigenvalue weighted by Gasteiger charge is -2.19. The average Bonchev–Trinajstić information content (AvgIpc) is 2.04. The minimum Gasteiger partial charge on any atom is -0.294 e. The molecule has 0 saturated heterocycles. The number of Topliss-reactive ketones (excluding diaryl/α,β-unsaturated/α-hetero) is 1. The number of rotatable bonds is 2. The average molecular weight is 162 g/mol. The zero-order valence-corrected chi connectivity index (χ0v) is 7.47. The van der Waals surface area contributed by atoms with Crippen molar-refractivity contribution in [3.05, 3.63) is 36.5 Å². The molecule has 0 fully saturated rings. The molecule has 0 heterocycles. The van der Waals surface area contributed by atoms with E-state index in [2.05, 4.69) is 13.2 Å². The van der Waals surface area contributed by atoms with Crippen LogP contribution in [0.15, 0.2) is 36.5 Å². The van der Waals surface area contributed by atoms with Gasteiger partial charge in [0.1, 0.15) is 0 Å². The smallest absolute Gasteiger partial charge is 0.163 e. The monoisotopic (exact) mass is 162 g/mol. The van der Waals surface area contributed by atoms with Crippen molar-refractivity contribution in [2.45, 2.75) is 19.8 Å². The van der Waals surface area contributed by atoms with Crippen molar-refractivity contribution in [1.82, 2.24) is 0 Å². The molecule has 0 spiro atoms. The lowest BCUT2D eigenvalue weighted by molar-refractivity contribution is -0.116. The van der Waals surface area contributed by atoms with E-state index in [4.69, 9.17) is 0 Å². The third kappa shape index (κ3) is 1.73. The molecule has 0 aromatic rings. The van der Waals surface area contributed by atoms with Gasteiger partial charge in [-0.25, -0.2) is 0 Å². The zero-order chi connectivity index (χ0) is 9.14. The molecule has 0 aliphatic heterocycles. The second-order valence-corrected chi connectivity index (χ2v) is 3.27. The summed E-state index contributed by atoms with van der Waals surface area (Å²) < 4.78 is 0. The summed E-state index contributed by atoms with van der Waals surface area (Å²) in [5.41, 5.74) is 1.87. The maximum absolute atomic E-state index is 11.4. The van der Waals surface area contributed by atoms with E-state index in [0.29, 0.717) is 12.3 Å². The SMILES string of the molecule is C=CC1=CCC(C(=C)C)CC1=O. The fourth-order valence-electron chi connectivity index (χ4n) is 1.38. The van der Waals surface area contributed by atoms with Crippen molar-refractivity contribution >= 4 is 5.78 Å². The first-order valence-corrected chi connectivity index (χ1v) is 4.16. The molecular formula is C11H14O. The largest absolute Gasteiger partial charge is 0.294 e. The maximum Gasteiger partial charge on any atom is 0.163 e. The predicted octanol–water partition coefficient (Wildman–Crippen LogP) is 2.65. The summed E-state index contributed by atoms with van der Waals surface area (Å²) in [6, 6.07) is 0. The second kappa shape index (κ2) is 3.53. The highest BCUT2D eigenvalue weighted by Crippen LogP contribution is 2.25. The van der Waals surface area contributed by atoms with Crippen LogP contribution in [0.5, 0.6) is 0 Å². The van der Waals surface area contributed by atoms with Crippen LogP contribution in [0.4, 0.5) is 0 Å². The fourth-order valence-corrected chi connectivity index (χ4v) is 1.38. The standard InChI is InChI=1S/C11H14O/c1-4-9-5-6-10(8(2)3)7-11(9)12/h4-5,10H,1-2,6-7H2,3H3.